The Morgan fingerprint density at radius 3 is 3.15 bits per heavy atom. The van der Waals surface area contributed by atoms with Gasteiger partial charge in [-0.3, -0.25) is 4.90 Å². The number of aliphatic hydroxyl groups is 1. The third kappa shape index (κ3) is 1.69. The first-order valence-corrected chi connectivity index (χ1v) is 8.29. The third-order valence-corrected chi connectivity index (χ3v) is 5.66. The molecule has 0 radical (unpaired) electrons. The quantitative estimate of drug-likeness (QED) is 0.859. The molecule has 110 valence electrons. The first-order valence-electron chi connectivity index (χ1n) is 8.29. The van der Waals surface area contributed by atoms with Crippen LogP contribution in [0, 0.1) is 0 Å². The van der Waals surface area contributed by atoms with Crippen molar-refractivity contribution in [3.8, 4) is 0 Å². The van der Waals surface area contributed by atoms with E-state index in [4.69, 9.17) is 4.74 Å². The van der Waals surface area contributed by atoms with Gasteiger partial charge in [0.2, 0.25) is 0 Å². The molecule has 0 amide bonds. The van der Waals surface area contributed by atoms with Crippen LogP contribution >= 0.6 is 0 Å². The van der Waals surface area contributed by atoms with E-state index in [0.29, 0.717) is 12.1 Å². The van der Waals surface area contributed by atoms with Gasteiger partial charge < -0.3 is 9.84 Å². The normalized spacial score (nSPS) is 43.0. The Bertz CT molecular complexity index is 470. The van der Waals surface area contributed by atoms with Crippen molar-refractivity contribution in [2.45, 2.75) is 75.8 Å². The van der Waals surface area contributed by atoms with Crippen molar-refractivity contribution in [2.75, 3.05) is 6.54 Å². The van der Waals surface area contributed by atoms with Crippen LogP contribution in [0.3, 0.4) is 0 Å². The summed E-state index contributed by atoms with van der Waals surface area (Å²) in [6, 6.07) is 1.02. The number of ether oxygens (including phenoxy) is 1. The van der Waals surface area contributed by atoms with Gasteiger partial charge in [0.25, 0.3) is 0 Å². The zero-order valence-corrected chi connectivity index (χ0v) is 12.3. The highest BCUT2D eigenvalue weighted by atomic mass is 16.6. The fraction of sp³-hybridized carbons (Fsp3) is 0.765. The van der Waals surface area contributed by atoms with Crippen molar-refractivity contribution in [2.24, 2.45) is 0 Å². The summed E-state index contributed by atoms with van der Waals surface area (Å²) in [7, 11) is 0. The minimum atomic E-state index is -0.698. The van der Waals surface area contributed by atoms with E-state index in [2.05, 4.69) is 17.9 Å². The second-order valence-electron chi connectivity index (χ2n) is 6.79. The zero-order valence-electron chi connectivity index (χ0n) is 12.3. The maximum atomic E-state index is 10.1. The van der Waals surface area contributed by atoms with Gasteiger partial charge >= 0.3 is 0 Å². The van der Waals surface area contributed by atoms with Crippen LogP contribution < -0.4 is 0 Å². The van der Waals surface area contributed by atoms with Crippen LogP contribution in [-0.2, 0) is 4.74 Å². The van der Waals surface area contributed by atoms with Gasteiger partial charge in [0.1, 0.15) is 5.60 Å². The van der Waals surface area contributed by atoms with E-state index in [9.17, 15) is 5.11 Å². The number of fused-ring (bicyclic) bond motifs is 3. The van der Waals surface area contributed by atoms with Gasteiger partial charge in [0.15, 0.2) is 6.29 Å². The van der Waals surface area contributed by atoms with E-state index in [1.54, 1.807) is 0 Å². The van der Waals surface area contributed by atoms with E-state index < -0.39 is 6.29 Å². The summed E-state index contributed by atoms with van der Waals surface area (Å²) in [5.41, 5.74) is 2.58. The van der Waals surface area contributed by atoms with Crippen molar-refractivity contribution >= 4 is 0 Å². The molecule has 0 aromatic carbocycles. The highest BCUT2D eigenvalue weighted by Crippen LogP contribution is 2.54. The second-order valence-corrected chi connectivity index (χ2v) is 6.79. The molecule has 1 aliphatic carbocycles. The van der Waals surface area contributed by atoms with Gasteiger partial charge in [-0.15, -0.1) is 0 Å². The van der Waals surface area contributed by atoms with E-state index in [0.717, 1.165) is 12.8 Å². The van der Waals surface area contributed by atoms with E-state index in [1.807, 2.05) is 6.08 Å². The molecule has 2 fully saturated rings. The predicted molar refractivity (Wildman–Crippen MR) is 78.3 cm³/mol. The lowest BCUT2D eigenvalue weighted by molar-refractivity contribution is -0.138. The standard InChI is InChI=1S/C17H25NO2/c1-2-3-6-12-9-13-11-17(14(12)10-16(19)20-17)15-7-4-5-8-18(13)15/h9-10,13,15-16,19H,2-8,11H2,1H3/t13-,15-,16?,17+/m1/s1. The van der Waals surface area contributed by atoms with Gasteiger partial charge in [0.05, 0.1) is 0 Å². The summed E-state index contributed by atoms with van der Waals surface area (Å²) >= 11 is 0. The first kappa shape index (κ1) is 13.1. The maximum absolute atomic E-state index is 10.1. The SMILES string of the molecule is CCCCC1=C[C@@H]2C[C@@]3(OC(O)C=C13)[C@H]1CCCCN21. The Morgan fingerprint density at radius 2 is 2.30 bits per heavy atom. The van der Waals surface area contributed by atoms with Crippen LogP contribution in [0.25, 0.3) is 0 Å². The molecule has 1 unspecified atom stereocenters. The molecule has 1 spiro atoms. The summed E-state index contributed by atoms with van der Waals surface area (Å²) in [6.45, 7) is 3.44. The van der Waals surface area contributed by atoms with E-state index >= 15 is 0 Å². The molecule has 0 aromatic rings. The smallest absolute Gasteiger partial charge is 0.176 e. The molecule has 4 rings (SSSR count). The van der Waals surface area contributed by atoms with Crippen LogP contribution in [0.1, 0.15) is 51.9 Å². The van der Waals surface area contributed by atoms with E-state index in [-0.39, 0.29) is 5.60 Å². The average molecular weight is 275 g/mol. The molecule has 2 saturated heterocycles. The molecular weight excluding hydrogens is 250 g/mol. The van der Waals surface area contributed by atoms with Crippen LogP contribution in [0.2, 0.25) is 0 Å². The van der Waals surface area contributed by atoms with Gasteiger partial charge in [-0.05, 0) is 49.5 Å². The topological polar surface area (TPSA) is 32.7 Å². The Kier molecular flexibility index (Phi) is 3.06. The molecule has 4 atom stereocenters. The molecule has 4 aliphatic rings. The van der Waals surface area contributed by atoms with Crippen molar-refractivity contribution in [3.63, 3.8) is 0 Å². The molecule has 3 aliphatic heterocycles. The summed E-state index contributed by atoms with van der Waals surface area (Å²) in [5.74, 6) is 0. The molecule has 3 heterocycles. The Hall–Kier alpha value is -0.640. The molecular formula is C17H25NO2. The van der Waals surface area contributed by atoms with Gasteiger partial charge in [-0.2, -0.15) is 0 Å². The second kappa shape index (κ2) is 4.69. The van der Waals surface area contributed by atoms with Crippen LogP contribution in [0.4, 0.5) is 0 Å². The number of piperidine rings is 1. The molecule has 3 heteroatoms. The van der Waals surface area contributed by atoms with Crippen LogP contribution in [0.15, 0.2) is 23.3 Å². The monoisotopic (exact) mass is 275 g/mol. The van der Waals surface area contributed by atoms with Crippen LogP contribution in [0.5, 0.6) is 0 Å². The summed E-state index contributed by atoms with van der Waals surface area (Å²) in [4.78, 5) is 2.65. The lowest BCUT2D eigenvalue weighted by Gasteiger charge is -2.39. The van der Waals surface area contributed by atoms with Crippen molar-refractivity contribution in [3.05, 3.63) is 23.3 Å². The fourth-order valence-corrected chi connectivity index (χ4v) is 4.87. The minimum Gasteiger partial charge on any atom is -0.365 e. The Labute approximate surface area is 121 Å². The van der Waals surface area contributed by atoms with Gasteiger partial charge in [0, 0.05) is 18.5 Å². The molecule has 3 nitrogen and oxygen atoms in total. The van der Waals surface area contributed by atoms with E-state index in [1.165, 1.54) is 49.8 Å². The molecule has 0 aromatic heterocycles. The predicted octanol–water partition coefficient (Wildman–Crippen LogP) is 2.76. The summed E-state index contributed by atoms with van der Waals surface area (Å²) in [5, 5.41) is 10.1. The molecule has 2 bridgehead atoms. The molecule has 1 N–H and O–H groups in total. The molecule has 20 heavy (non-hydrogen) atoms. The van der Waals surface area contributed by atoms with Gasteiger partial charge in [-0.25, -0.2) is 0 Å². The zero-order chi connectivity index (χ0) is 13.7. The first-order chi connectivity index (χ1) is 9.74. The maximum Gasteiger partial charge on any atom is 0.176 e. The summed E-state index contributed by atoms with van der Waals surface area (Å²) in [6.07, 6.45) is 12.2. The highest BCUT2D eigenvalue weighted by Gasteiger charge is 2.60. The average Bonchev–Trinajstić information content (AvgIpc) is 2.93. The highest BCUT2D eigenvalue weighted by molar-refractivity contribution is 5.50. The summed E-state index contributed by atoms with van der Waals surface area (Å²) < 4.78 is 6.10. The van der Waals surface area contributed by atoms with Crippen molar-refractivity contribution < 1.29 is 9.84 Å². The number of hydrogen-bond donors (Lipinski definition) is 1. The number of nitrogens with zero attached hydrogens (tertiary/aromatic N) is 1. The van der Waals surface area contributed by atoms with Crippen LogP contribution in [-0.4, -0.2) is 40.5 Å². The molecule has 0 saturated carbocycles. The minimum absolute atomic E-state index is 0.192. The van der Waals surface area contributed by atoms with Crippen molar-refractivity contribution in [1.29, 1.82) is 0 Å². The number of unbranched alkanes of at least 4 members (excludes halogenated alkanes) is 1. The third-order valence-electron chi connectivity index (χ3n) is 5.66. The number of hydrogen-bond acceptors (Lipinski definition) is 3. The van der Waals surface area contributed by atoms with Crippen molar-refractivity contribution in [1.82, 2.24) is 4.90 Å². The van der Waals surface area contributed by atoms with Gasteiger partial charge in [-0.1, -0.05) is 25.8 Å². The Morgan fingerprint density at radius 1 is 1.40 bits per heavy atom. The largest absolute Gasteiger partial charge is 0.365 e. The fourth-order valence-electron chi connectivity index (χ4n) is 4.87. The number of aliphatic hydroxyl groups excluding tert-OH is 1. The number of rotatable bonds is 3. The lowest BCUT2D eigenvalue weighted by Crippen LogP contribution is -2.48. The lowest BCUT2D eigenvalue weighted by atomic mass is 9.75. The Balaban J connectivity index is 1.73.